The third-order valence-corrected chi connectivity index (χ3v) is 23.0. The van der Waals surface area contributed by atoms with Crippen molar-refractivity contribution >= 4 is 91.2 Å². The molecule has 0 atom stereocenters. The first-order valence-corrected chi connectivity index (χ1v) is 32.7. The third-order valence-electron chi connectivity index (χ3n) is 19.7. The third kappa shape index (κ3) is 7.41. The first-order valence-electron chi connectivity index (χ1n) is 28.3. The van der Waals surface area contributed by atoms with Crippen LogP contribution in [0.4, 0.5) is 34.1 Å². The van der Waals surface area contributed by atoms with Gasteiger partial charge in [0.15, 0.2) is 0 Å². The molecule has 3 heterocycles. The second-order valence-corrected chi connectivity index (χ2v) is 36.0. The molecule has 0 spiro atoms. The van der Waals surface area contributed by atoms with E-state index in [1.54, 1.807) is 5.56 Å². The van der Waals surface area contributed by atoms with E-state index in [1.807, 2.05) is 0 Å². The number of thiophene rings is 1. The molecule has 0 unspecified atom stereocenters. The summed E-state index contributed by atoms with van der Waals surface area (Å²) >= 11 is 2.09. The van der Waals surface area contributed by atoms with Crippen LogP contribution in [0.15, 0.2) is 103 Å². The zero-order chi connectivity index (χ0) is 52.8. The Morgan fingerprint density at radius 2 is 1.04 bits per heavy atom. The van der Waals surface area contributed by atoms with Crippen molar-refractivity contribution in [2.24, 2.45) is 0 Å². The fourth-order valence-electron chi connectivity index (χ4n) is 14.5. The van der Waals surface area contributed by atoms with Gasteiger partial charge in [0.25, 0.3) is 6.71 Å². The SMILES string of the molecule is CC(C)(C)c1ccc(N2c3cc([Si](C)(C)C)cc4c3B(c3ccc5c(c3N4c3ccc4c(c3)C(C)(C)CCC4(C)C)C(C)(C)CCC5(C)C)c3sc4cc5c(cc4c32)C(C)(C)CCC5(C)C)c(-c2ccccc2)c1. The van der Waals surface area contributed by atoms with Crippen LogP contribution in [-0.2, 0) is 37.9 Å². The highest BCUT2D eigenvalue weighted by molar-refractivity contribution is 7.33. The molecule has 382 valence electrons. The summed E-state index contributed by atoms with van der Waals surface area (Å²) in [4.78, 5) is 5.65. The van der Waals surface area contributed by atoms with Crippen LogP contribution in [0.25, 0.3) is 21.2 Å². The summed E-state index contributed by atoms with van der Waals surface area (Å²) in [5, 5.41) is 2.91. The number of benzene rings is 6. The lowest BCUT2D eigenvalue weighted by Crippen LogP contribution is -2.62. The van der Waals surface area contributed by atoms with Crippen LogP contribution in [0.1, 0.15) is 181 Å². The average molecular weight is 1010 g/mol. The molecule has 0 saturated carbocycles. The Labute approximate surface area is 451 Å². The summed E-state index contributed by atoms with van der Waals surface area (Å²) in [6.07, 6.45) is 7.12. The number of hydrogen-bond acceptors (Lipinski definition) is 3. The van der Waals surface area contributed by atoms with Crippen molar-refractivity contribution in [3.63, 3.8) is 0 Å². The summed E-state index contributed by atoms with van der Waals surface area (Å²) in [5.41, 5.74) is 24.5. The van der Waals surface area contributed by atoms with Crippen molar-refractivity contribution in [2.45, 2.75) is 200 Å². The number of anilines is 6. The second kappa shape index (κ2) is 15.9. The van der Waals surface area contributed by atoms with Gasteiger partial charge in [-0.25, -0.2) is 0 Å². The molecule has 0 amide bonds. The van der Waals surface area contributed by atoms with E-state index in [1.165, 1.54) is 142 Å². The van der Waals surface area contributed by atoms with Crippen molar-refractivity contribution in [1.82, 2.24) is 0 Å². The Hall–Kier alpha value is -4.84. The predicted octanol–water partition coefficient (Wildman–Crippen LogP) is 17.5. The lowest BCUT2D eigenvalue weighted by Gasteiger charge is -2.50. The number of rotatable bonds is 4. The lowest BCUT2D eigenvalue weighted by atomic mass is 9.35. The Balaban J connectivity index is 1.27. The number of hydrogen-bond donors (Lipinski definition) is 0. The van der Waals surface area contributed by atoms with Gasteiger partial charge in [-0.1, -0.05) is 183 Å². The number of fused-ring (bicyclic) bond motifs is 10. The van der Waals surface area contributed by atoms with E-state index in [-0.39, 0.29) is 44.6 Å². The van der Waals surface area contributed by atoms with E-state index in [0.29, 0.717) is 0 Å². The molecular weight excluding hydrogens is 928 g/mol. The quantitative estimate of drug-likeness (QED) is 0.162. The maximum absolute atomic E-state index is 2.84. The minimum Gasteiger partial charge on any atom is -0.311 e. The monoisotopic (exact) mass is 1010 g/mol. The first-order chi connectivity index (χ1) is 34.4. The Bertz CT molecular complexity index is 3490. The molecule has 12 rings (SSSR count). The van der Waals surface area contributed by atoms with E-state index >= 15 is 0 Å². The van der Waals surface area contributed by atoms with Crippen molar-refractivity contribution in [3.8, 4) is 11.1 Å². The van der Waals surface area contributed by atoms with Crippen LogP contribution < -0.4 is 30.7 Å². The summed E-state index contributed by atoms with van der Waals surface area (Å²) < 4.78 is 2.90. The van der Waals surface area contributed by atoms with Crippen LogP contribution in [0.2, 0.25) is 19.6 Å². The maximum atomic E-state index is 2.84. The topological polar surface area (TPSA) is 6.48 Å². The molecule has 6 aromatic carbocycles. The zero-order valence-corrected chi connectivity index (χ0v) is 50.3. The molecule has 2 nitrogen and oxygen atoms in total. The molecule has 2 aliphatic heterocycles. The molecule has 5 aliphatic rings. The summed E-state index contributed by atoms with van der Waals surface area (Å²) in [6, 6.07) is 42.5. The molecular formula is C69H83BN2SSi. The largest absolute Gasteiger partial charge is 0.311 e. The molecule has 0 radical (unpaired) electrons. The van der Waals surface area contributed by atoms with Gasteiger partial charge in [-0.3, -0.25) is 0 Å². The Kier molecular flexibility index (Phi) is 10.7. The fraction of sp³-hybridized carbons (Fsp3) is 0.449. The number of nitrogens with zero attached hydrogens (tertiary/aromatic N) is 2. The van der Waals surface area contributed by atoms with Crippen LogP contribution in [-0.4, -0.2) is 14.8 Å². The van der Waals surface area contributed by atoms with Gasteiger partial charge < -0.3 is 9.80 Å². The van der Waals surface area contributed by atoms with Crippen molar-refractivity contribution < 1.29 is 0 Å². The van der Waals surface area contributed by atoms with Crippen molar-refractivity contribution in [1.29, 1.82) is 0 Å². The van der Waals surface area contributed by atoms with Gasteiger partial charge in [0.2, 0.25) is 0 Å². The van der Waals surface area contributed by atoms with Crippen LogP contribution >= 0.6 is 11.3 Å². The zero-order valence-electron chi connectivity index (χ0n) is 48.4. The Morgan fingerprint density at radius 1 is 0.500 bits per heavy atom. The standard InChI is InChI=1S/C69H83BN2SSi/c1-63(2,3)43-24-29-54(46(36-43)42-22-20-19-21-23-42)72-56-39-45(74(16,17)18)38-55-59(56)70(62-60(72)47-40-51-52(41-57(47)73-62)68(12,13)33-32-67(51,10)11)53-28-27-49-58(69(14,15)35-34-65(49,6)7)61(53)71(55)44-25-26-48-50(37-44)66(8,9)31-30-64(48,4)5/h19-29,36-41H,30-35H2,1-18H3. The fourth-order valence-corrected chi connectivity index (χ4v) is 17.0. The molecule has 0 N–H and O–H groups in total. The van der Waals surface area contributed by atoms with E-state index in [2.05, 4.69) is 248 Å². The van der Waals surface area contributed by atoms with E-state index in [9.17, 15) is 0 Å². The van der Waals surface area contributed by atoms with Gasteiger partial charge >= 0.3 is 0 Å². The summed E-state index contributed by atoms with van der Waals surface area (Å²) in [7, 11) is -1.98. The van der Waals surface area contributed by atoms with E-state index in [0.717, 1.165) is 6.42 Å². The predicted molar refractivity (Wildman–Crippen MR) is 329 cm³/mol. The van der Waals surface area contributed by atoms with E-state index in [4.69, 9.17) is 0 Å². The minimum atomic E-state index is -1.98. The molecule has 0 fully saturated rings. The van der Waals surface area contributed by atoms with Gasteiger partial charge in [-0.15, -0.1) is 11.3 Å². The molecule has 3 aliphatic carbocycles. The highest BCUT2D eigenvalue weighted by atomic mass is 32.1. The minimum absolute atomic E-state index is 0.0198. The second-order valence-electron chi connectivity index (χ2n) is 29.8. The van der Waals surface area contributed by atoms with Crippen LogP contribution in [0.5, 0.6) is 0 Å². The molecule has 1 aromatic heterocycles. The highest BCUT2D eigenvalue weighted by Crippen LogP contribution is 2.57. The molecule has 0 saturated heterocycles. The normalized spacial score (nSPS) is 20.3. The lowest BCUT2D eigenvalue weighted by molar-refractivity contribution is 0.331. The molecule has 74 heavy (non-hydrogen) atoms. The van der Waals surface area contributed by atoms with E-state index < -0.39 is 8.07 Å². The first kappa shape index (κ1) is 50.0. The van der Waals surface area contributed by atoms with Gasteiger partial charge in [-0.2, -0.15) is 0 Å². The molecule has 0 bridgehead atoms. The molecule has 7 aromatic rings. The van der Waals surface area contributed by atoms with Crippen molar-refractivity contribution in [3.05, 3.63) is 142 Å². The summed E-state index contributed by atoms with van der Waals surface area (Å²) in [6.45, 7) is 45.0. The van der Waals surface area contributed by atoms with Gasteiger partial charge in [0.05, 0.1) is 19.4 Å². The van der Waals surface area contributed by atoms with Gasteiger partial charge in [0.1, 0.15) is 0 Å². The van der Waals surface area contributed by atoms with Gasteiger partial charge in [-0.05, 0) is 180 Å². The smallest absolute Gasteiger partial charge is 0.264 e. The highest BCUT2D eigenvalue weighted by Gasteiger charge is 2.51. The average Bonchev–Trinajstić information content (AvgIpc) is 3.77. The Morgan fingerprint density at radius 3 is 1.65 bits per heavy atom. The summed E-state index contributed by atoms with van der Waals surface area (Å²) in [5.74, 6) is 0. The maximum Gasteiger partial charge on any atom is 0.264 e. The van der Waals surface area contributed by atoms with Gasteiger partial charge in [0, 0.05) is 43.2 Å². The van der Waals surface area contributed by atoms with Crippen LogP contribution in [0.3, 0.4) is 0 Å². The molecule has 5 heteroatoms. The van der Waals surface area contributed by atoms with Crippen LogP contribution in [0, 0.1) is 0 Å². The van der Waals surface area contributed by atoms with Crippen molar-refractivity contribution in [2.75, 3.05) is 9.80 Å².